The quantitative estimate of drug-likeness (QED) is 0.768. The summed E-state index contributed by atoms with van der Waals surface area (Å²) in [6.45, 7) is 11.7. The van der Waals surface area contributed by atoms with Gasteiger partial charge in [-0.1, -0.05) is 37.6 Å². The van der Waals surface area contributed by atoms with Gasteiger partial charge in [0.2, 0.25) is 0 Å². The highest BCUT2D eigenvalue weighted by atomic mass is 15.2. The Morgan fingerprint density at radius 2 is 2.26 bits per heavy atom. The van der Waals surface area contributed by atoms with Gasteiger partial charge in [0.25, 0.3) is 0 Å². The van der Waals surface area contributed by atoms with Crippen LogP contribution in [0.3, 0.4) is 0 Å². The van der Waals surface area contributed by atoms with E-state index in [1.54, 1.807) is 0 Å². The minimum absolute atomic E-state index is 0.629. The number of nitrogens with zero attached hydrogens (tertiary/aromatic N) is 2. The molecule has 0 bridgehead atoms. The molecule has 1 saturated heterocycles. The summed E-state index contributed by atoms with van der Waals surface area (Å²) in [6, 6.07) is 10.1. The Kier molecular flexibility index (Phi) is 4.39. The molecule has 2 rings (SSSR count). The summed E-state index contributed by atoms with van der Waals surface area (Å²) >= 11 is 0. The second kappa shape index (κ2) is 6.04. The van der Waals surface area contributed by atoms with Crippen molar-refractivity contribution in [1.82, 2.24) is 4.90 Å². The third kappa shape index (κ3) is 3.24. The summed E-state index contributed by atoms with van der Waals surface area (Å²) in [6.07, 6.45) is 1.21. The van der Waals surface area contributed by atoms with Crippen molar-refractivity contribution in [3.05, 3.63) is 47.5 Å². The summed E-state index contributed by atoms with van der Waals surface area (Å²) in [5, 5.41) is 8.94. The molecule has 0 N–H and O–H groups in total. The van der Waals surface area contributed by atoms with E-state index in [4.69, 9.17) is 5.26 Å². The fourth-order valence-corrected chi connectivity index (χ4v) is 3.06. The normalized spacial score (nSPS) is 23.2. The van der Waals surface area contributed by atoms with Crippen LogP contribution in [-0.2, 0) is 6.54 Å². The third-order valence-corrected chi connectivity index (χ3v) is 4.14. The van der Waals surface area contributed by atoms with Crippen LogP contribution in [0.2, 0.25) is 0 Å². The lowest BCUT2D eigenvalue weighted by Crippen LogP contribution is -2.20. The SMILES string of the molecule is C=C(C)[C@@H]1CN(Cc2cccc(C#N)c2)CC1CC. The molecule has 100 valence electrons. The molecule has 1 heterocycles. The van der Waals surface area contributed by atoms with Crippen LogP contribution in [0, 0.1) is 23.2 Å². The van der Waals surface area contributed by atoms with Crippen molar-refractivity contribution < 1.29 is 0 Å². The van der Waals surface area contributed by atoms with Crippen LogP contribution in [0.5, 0.6) is 0 Å². The Labute approximate surface area is 116 Å². The predicted octanol–water partition coefficient (Wildman–Crippen LogP) is 3.59. The van der Waals surface area contributed by atoms with Crippen molar-refractivity contribution in [2.75, 3.05) is 13.1 Å². The maximum atomic E-state index is 8.94. The largest absolute Gasteiger partial charge is 0.298 e. The molecule has 0 aromatic heterocycles. The van der Waals surface area contributed by atoms with Crippen molar-refractivity contribution in [3.63, 3.8) is 0 Å². The summed E-state index contributed by atoms with van der Waals surface area (Å²) in [5.41, 5.74) is 3.29. The molecule has 0 amide bonds. The average Bonchev–Trinajstić information content (AvgIpc) is 2.82. The van der Waals surface area contributed by atoms with Gasteiger partial charge in [-0.3, -0.25) is 4.90 Å². The highest BCUT2D eigenvalue weighted by Gasteiger charge is 2.31. The van der Waals surface area contributed by atoms with Crippen molar-refractivity contribution in [3.8, 4) is 6.07 Å². The van der Waals surface area contributed by atoms with Gasteiger partial charge in [-0.05, 0) is 36.5 Å². The molecular weight excluding hydrogens is 232 g/mol. The van der Waals surface area contributed by atoms with Crippen molar-refractivity contribution >= 4 is 0 Å². The molecule has 0 spiro atoms. The zero-order valence-electron chi connectivity index (χ0n) is 11.9. The molecule has 19 heavy (non-hydrogen) atoms. The molecule has 0 aliphatic carbocycles. The van der Waals surface area contributed by atoms with Crippen LogP contribution in [0.15, 0.2) is 36.4 Å². The fraction of sp³-hybridized carbons (Fsp3) is 0.471. The molecule has 1 aromatic carbocycles. The van der Waals surface area contributed by atoms with Crippen molar-refractivity contribution in [2.45, 2.75) is 26.8 Å². The van der Waals surface area contributed by atoms with E-state index in [1.165, 1.54) is 17.6 Å². The zero-order valence-corrected chi connectivity index (χ0v) is 11.9. The summed E-state index contributed by atoms with van der Waals surface area (Å²) in [5.74, 6) is 1.36. The van der Waals surface area contributed by atoms with Gasteiger partial charge in [-0.2, -0.15) is 5.26 Å². The molecule has 1 fully saturated rings. The van der Waals surface area contributed by atoms with E-state index in [0.717, 1.165) is 31.1 Å². The lowest BCUT2D eigenvalue weighted by molar-refractivity contribution is 0.314. The maximum Gasteiger partial charge on any atom is 0.0991 e. The Balaban J connectivity index is 2.04. The highest BCUT2D eigenvalue weighted by molar-refractivity contribution is 5.32. The van der Waals surface area contributed by atoms with E-state index in [1.807, 2.05) is 18.2 Å². The standard InChI is InChI=1S/C17H22N2/c1-4-16-11-19(12-17(16)13(2)3)10-15-7-5-6-14(8-15)9-18/h5-8,16-17H,2,4,10-12H2,1,3H3/t16?,17-/m0/s1. The Morgan fingerprint density at radius 3 is 2.84 bits per heavy atom. The van der Waals surface area contributed by atoms with Crippen LogP contribution < -0.4 is 0 Å². The van der Waals surface area contributed by atoms with Gasteiger partial charge in [-0.15, -0.1) is 0 Å². The first kappa shape index (κ1) is 13.8. The van der Waals surface area contributed by atoms with Crippen LogP contribution in [0.1, 0.15) is 31.4 Å². The van der Waals surface area contributed by atoms with Crippen LogP contribution in [-0.4, -0.2) is 18.0 Å². The molecule has 0 saturated carbocycles. The third-order valence-electron chi connectivity index (χ3n) is 4.14. The first-order chi connectivity index (χ1) is 9.13. The van der Waals surface area contributed by atoms with E-state index in [9.17, 15) is 0 Å². The van der Waals surface area contributed by atoms with Gasteiger partial charge in [0.1, 0.15) is 0 Å². The summed E-state index contributed by atoms with van der Waals surface area (Å²) < 4.78 is 0. The number of benzene rings is 1. The Bertz CT molecular complexity index is 498. The van der Waals surface area contributed by atoms with Crippen LogP contribution in [0.25, 0.3) is 0 Å². The summed E-state index contributed by atoms with van der Waals surface area (Å²) in [4.78, 5) is 2.49. The van der Waals surface area contributed by atoms with E-state index in [-0.39, 0.29) is 0 Å². The van der Waals surface area contributed by atoms with Gasteiger partial charge in [-0.25, -0.2) is 0 Å². The van der Waals surface area contributed by atoms with Crippen molar-refractivity contribution in [2.24, 2.45) is 11.8 Å². The molecule has 1 unspecified atom stereocenters. The Morgan fingerprint density at radius 1 is 1.47 bits per heavy atom. The average molecular weight is 254 g/mol. The molecule has 1 aliphatic heterocycles. The molecule has 2 nitrogen and oxygen atoms in total. The number of hydrogen-bond acceptors (Lipinski definition) is 2. The molecule has 1 aromatic rings. The van der Waals surface area contributed by atoms with Crippen LogP contribution >= 0.6 is 0 Å². The minimum Gasteiger partial charge on any atom is -0.298 e. The van der Waals surface area contributed by atoms with E-state index in [2.05, 4.69) is 37.5 Å². The monoisotopic (exact) mass is 254 g/mol. The first-order valence-electron chi connectivity index (χ1n) is 7.00. The van der Waals surface area contributed by atoms with Gasteiger partial charge in [0.05, 0.1) is 11.6 Å². The second-order valence-electron chi connectivity index (χ2n) is 5.63. The zero-order chi connectivity index (χ0) is 13.8. The minimum atomic E-state index is 0.629. The predicted molar refractivity (Wildman–Crippen MR) is 78.5 cm³/mol. The van der Waals surface area contributed by atoms with Crippen LogP contribution in [0.4, 0.5) is 0 Å². The lowest BCUT2D eigenvalue weighted by Gasteiger charge is -2.16. The van der Waals surface area contributed by atoms with E-state index >= 15 is 0 Å². The van der Waals surface area contributed by atoms with Gasteiger partial charge in [0, 0.05) is 19.6 Å². The van der Waals surface area contributed by atoms with E-state index in [0.29, 0.717) is 5.92 Å². The summed E-state index contributed by atoms with van der Waals surface area (Å²) in [7, 11) is 0. The molecule has 2 heteroatoms. The lowest BCUT2D eigenvalue weighted by atomic mass is 9.89. The van der Waals surface area contributed by atoms with Gasteiger partial charge in [0.15, 0.2) is 0 Å². The Hall–Kier alpha value is -1.59. The molecule has 2 atom stereocenters. The number of nitriles is 1. The smallest absolute Gasteiger partial charge is 0.0991 e. The molecule has 1 aliphatic rings. The maximum absolute atomic E-state index is 8.94. The topological polar surface area (TPSA) is 27.0 Å². The second-order valence-corrected chi connectivity index (χ2v) is 5.63. The number of likely N-dealkylation sites (tertiary alicyclic amines) is 1. The van der Waals surface area contributed by atoms with Gasteiger partial charge < -0.3 is 0 Å². The molecule has 0 radical (unpaired) electrons. The number of rotatable bonds is 4. The first-order valence-corrected chi connectivity index (χ1v) is 7.00. The van der Waals surface area contributed by atoms with Gasteiger partial charge >= 0.3 is 0 Å². The number of hydrogen-bond donors (Lipinski definition) is 0. The highest BCUT2D eigenvalue weighted by Crippen LogP contribution is 2.31. The van der Waals surface area contributed by atoms with E-state index < -0.39 is 0 Å². The van der Waals surface area contributed by atoms with Crippen molar-refractivity contribution in [1.29, 1.82) is 5.26 Å². The fourth-order valence-electron chi connectivity index (χ4n) is 3.06. The molecular formula is C17H22N2.